The van der Waals surface area contributed by atoms with Gasteiger partial charge in [0.2, 0.25) is 5.82 Å². The number of pyridine rings is 1. The number of aromatic nitrogens is 5. The van der Waals surface area contributed by atoms with Crippen LogP contribution in [0.25, 0.3) is 17.2 Å². The lowest BCUT2D eigenvalue weighted by Crippen LogP contribution is -2.02. The Morgan fingerprint density at radius 2 is 2.13 bits per heavy atom. The Hall–Kier alpha value is -3.22. The minimum Gasteiger partial charge on any atom is -0.493 e. The number of tetrazole rings is 1. The van der Waals surface area contributed by atoms with E-state index in [0.717, 1.165) is 0 Å². The molecule has 0 N–H and O–H groups in total. The minimum atomic E-state index is 0.404. The molecular weight excluding hydrogens is 294 g/mol. The van der Waals surface area contributed by atoms with E-state index in [0.29, 0.717) is 35.3 Å². The molecule has 7 heteroatoms. The quantitative estimate of drug-likeness (QED) is 0.650. The van der Waals surface area contributed by atoms with Crippen LogP contribution in [0.4, 0.5) is 0 Å². The van der Waals surface area contributed by atoms with Crippen molar-refractivity contribution in [3.63, 3.8) is 0 Å². The van der Waals surface area contributed by atoms with Crippen molar-refractivity contribution >= 4 is 0 Å². The Bertz CT molecular complexity index is 801. The standard InChI is InChI=1S/C16H15N5O2/c1-3-10-23-14-8-7-12(11-15(14)22-2)21-19-16(18-20-21)13-6-4-5-9-17-13/h3-9,11H,1,10H2,2H3. The van der Waals surface area contributed by atoms with Crippen molar-refractivity contribution in [1.82, 2.24) is 25.2 Å². The number of hydrogen-bond donors (Lipinski definition) is 0. The van der Waals surface area contributed by atoms with Crippen LogP contribution in [0, 0.1) is 0 Å². The number of benzene rings is 1. The summed E-state index contributed by atoms with van der Waals surface area (Å²) in [5.41, 5.74) is 1.37. The molecular formula is C16H15N5O2. The van der Waals surface area contributed by atoms with Crippen LogP contribution >= 0.6 is 0 Å². The molecule has 0 spiro atoms. The first-order valence-electron chi connectivity index (χ1n) is 6.95. The van der Waals surface area contributed by atoms with Crippen molar-refractivity contribution in [2.45, 2.75) is 0 Å². The molecule has 23 heavy (non-hydrogen) atoms. The van der Waals surface area contributed by atoms with Crippen LogP contribution in [-0.2, 0) is 0 Å². The van der Waals surface area contributed by atoms with Gasteiger partial charge in [-0.15, -0.1) is 15.0 Å². The number of ether oxygens (including phenoxy) is 2. The first-order chi connectivity index (χ1) is 11.3. The maximum Gasteiger partial charge on any atom is 0.223 e. The third-order valence-electron chi connectivity index (χ3n) is 3.04. The number of nitrogens with zero attached hydrogens (tertiary/aromatic N) is 5. The first-order valence-corrected chi connectivity index (χ1v) is 6.95. The van der Waals surface area contributed by atoms with E-state index in [1.54, 1.807) is 31.5 Å². The second-order valence-corrected chi connectivity index (χ2v) is 4.55. The monoisotopic (exact) mass is 309 g/mol. The van der Waals surface area contributed by atoms with Gasteiger partial charge in [0.1, 0.15) is 12.3 Å². The van der Waals surface area contributed by atoms with Gasteiger partial charge < -0.3 is 9.47 Å². The van der Waals surface area contributed by atoms with Crippen molar-refractivity contribution in [1.29, 1.82) is 0 Å². The van der Waals surface area contributed by atoms with Gasteiger partial charge in [0.25, 0.3) is 0 Å². The van der Waals surface area contributed by atoms with Crippen molar-refractivity contribution in [2.75, 3.05) is 13.7 Å². The zero-order valence-corrected chi connectivity index (χ0v) is 12.6. The Kier molecular flexibility index (Phi) is 4.28. The normalized spacial score (nSPS) is 10.3. The van der Waals surface area contributed by atoms with E-state index in [-0.39, 0.29) is 0 Å². The molecule has 0 aliphatic heterocycles. The molecule has 0 fully saturated rings. The summed E-state index contributed by atoms with van der Waals surface area (Å²) in [4.78, 5) is 5.63. The molecule has 0 saturated carbocycles. The van der Waals surface area contributed by atoms with Crippen LogP contribution in [-0.4, -0.2) is 38.9 Å². The molecule has 3 aromatic rings. The fourth-order valence-corrected chi connectivity index (χ4v) is 1.97. The topological polar surface area (TPSA) is 75.0 Å². The zero-order chi connectivity index (χ0) is 16.1. The van der Waals surface area contributed by atoms with Gasteiger partial charge in [-0.25, -0.2) is 0 Å². The van der Waals surface area contributed by atoms with E-state index in [4.69, 9.17) is 9.47 Å². The zero-order valence-electron chi connectivity index (χ0n) is 12.6. The summed E-state index contributed by atoms with van der Waals surface area (Å²) in [7, 11) is 1.58. The van der Waals surface area contributed by atoms with Crippen molar-refractivity contribution in [2.24, 2.45) is 0 Å². The average molecular weight is 309 g/mol. The molecule has 3 rings (SSSR count). The highest BCUT2D eigenvalue weighted by molar-refractivity contribution is 5.50. The smallest absolute Gasteiger partial charge is 0.223 e. The largest absolute Gasteiger partial charge is 0.493 e. The number of hydrogen-bond acceptors (Lipinski definition) is 6. The highest BCUT2D eigenvalue weighted by atomic mass is 16.5. The summed E-state index contributed by atoms with van der Waals surface area (Å²) in [5, 5.41) is 12.4. The van der Waals surface area contributed by atoms with Gasteiger partial charge in [-0.1, -0.05) is 18.7 Å². The fourth-order valence-electron chi connectivity index (χ4n) is 1.97. The van der Waals surface area contributed by atoms with Crippen molar-refractivity contribution in [3.05, 3.63) is 55.3 Å². The van der Waals surface area contributed by atoms with Gasteiger partial charge in [0.05, 0.1) is 12.8 Å². The van der Waals surface area contributed by atoms with Gasteiger partial charge in [0, 0.05) is 12.3 Å². The molecule has 0 radical (unpaired) electrons. The molecule has 7 nitrogen and oxygen atoms in total. The fraction of sp³-hybridized carbons (Fsp3) is 0.125. The minimum absolute atomic E-state index is 0.404. The lowest BCUT2D eigenvalue weighted by Gasteiger charge is -2.10. The maximum atomic E-state index is 5.52. The van der Waals surface area contributed by atoms with Crippen molar-refractivity contribution in [3.8, 4) is 28.7 Å². The second-order valence-electron chi connectivity index (χ2n) is 4.55. The molecule has 0 atom stereocenters. The average Bonchev–Trinajstić information content (AvgIpc) is 3.10. The second kappa shape index (κ2) is 6.69. The molecule has 0 unspecified atom stereocenters. The Balaban J connectivity index is 1.90. The molecule has 0 amide bonds. The highest BCUT2D eigenvalue weighted by Crippen LogP contribution is 2.29. The summed E-state index contributed by atoms with van der Waals surface area (Å²) in [5.74, 6) is 1.67. The van der Waals surface area contributed by atoms with E-state index in [1.807, 2.05) is 24.3 Å². The van der Waals surface area contributed by atoms with Gasteiger partial charge >= 0.3 is 0 Å². The van der Waals surface area contributed by atoms with Crippen LogP contribution in [0.3, 0.4) is 0 Å². The predicted molar refractivity (Wildman–Crippen MR) is 84.6 cm³/mol. The van der Waals surface area contributed by atoms with E-state index < -0.39 is 0 Å². The maximum absolute atomic E-state index is 5.52. The summed E-state index contributed by atoms with van der Waals surface area (Å²) >= 11 is 0. The van der Waals surface area contributed by atoms with Crippen molar-refractivity contribution < 1.29 is 9.47 Å². The molecule has 2 aromatic heterocycles. The SMILES string of the molecule is C=CCOc1ccc(-n2nnc(-c3ccccn3)n2)cc1OC. The predicted octanol–water partition coefficient (Wildman–Crippen LogP) is 2.30. The molecule has 0 aliphatic carbocycles. The van der Waals surface area contributed by atoms with E-state index >= 15 is 0 Å². The Morgan fingerprint density at radius 1 is 1.22 bits per heavy atom. The lowest BCUT2D eigenvalue weighted by molar-refractivity contribution is 0.326. The number of rotatable bonds is 6. The van der Waals surface area contributed by atoms with Crippen LogP contribution in [0.2, 0.25) is 0 Å². The molecule has 0 aliphatic rings. The highest BCUT2D eigenvalue weighted by Gasteiger charge is 2.11. The summed E-state index contributed by atoms with van der Waals surface area (Å²) in [6, 6.07) is 10.9. The van der Waals surface area contributed by atoms with Gasteiger partial charge in [0.15, 0.2) is 11.5 Å². The molecule has 0 saturated heterocycles. The third-order valence-corrected chi connectivity index (χ3v) is 3.04. The van der Waals surface area contributed by atoms with Crippen LogP contribution < -0.4 is 9.47 Å². The summed E-state index contributed by atoms with van der Waals surface area (Å²) in [6.45, 7) is 4.03. The first kappa shape index (κ1) is 14.7. The van der Waals surface area contributed by atoms with Gasteiger partial charge in [-0.2, -0.15) is 0 Å². The van der Waals surface area contributed by atoms with Crippen LogP contribution in [0.15, 0.2) is 55.3 Å². The molecule has 1 aromatic carbocycles. The lowest BCUT2D eigenvalue weighted by atomic mass is 10.3. The van der Waals surface area contributed by atoms with Crippen LogP contribution in [0.1, 0.15) is 0 Å². The Labute approximate surface area is 133 Å². The van der Waals surface area contributed by atoms with E-state index in [2.05, 4.69) is 27.0 Å². The summed E-state index contributed by atoms with van der Waals surface area (Å²) in [6.07, 6.45) is 3.36. The third kappa shape index (κ3) is 3.18. The van der Waals surface area contributed by atoms with E-state index in [1.165, 1.54) is 4.80 Å². The molecule has 116 valence electrons. The van der Waals surface area contributed by atoms with E-state index in [9.17, 15) is 0 Å². The molecule has 0 bridgehead atoms. The van der Waals surface area contributed by atoms with Gasteiger partial charge in [-0.3, -0.25) is 4.98 Å². The number of methoxy groups -OCH3 is 1. The van der Waals surface area contributed by atoms with Crippen LogP contribution in [0.5, 0.6) is 11.5 Å². The summed E-state index contributed by atoms with van der Waals surface area (Å²) < 4.78 is 10.9. The molecule has 2 heterocycles. The van der Waals surface area contributed by atoms with Gasteiger partial charge in [-0.05, 0) is 29.5 Å². The Morgan fingerprint density at radius 3 is 2.87 bits per heavy atom.